The van der Waals surface area contributed by atoms with E-state index in [1.165, 1.54) is 25.3 Å². The van der Waals surface area contributed by atoms with E-state index in [9.17, 15) is 9.59 Å². The van der Waals surface area contributed by atoms with Crippen molar-refractivity contribution in [1.29, 1.82) is 0 Å². The maximum atomic E-state index is 12.6. The quantitative estimate of drug-likeness (QED) is 0.779. The highest BCUT2D eigenvalue weighted by atomic mass is 16.5. The molecule has 1 saturated heterocycles. The van der Waals surface area contributed by atoms with Gasteiger partial charge in [-0.25, -0.2) is 0 Å². The lowest BCUT2D eigenvalue weighted by atomic mass is 9.89. The van der Waals surface area contributed by atoms with Gasteiger partial charge >= 0.3 is 0 Å². The van der Waals surface area contributed by atoms with Crippen molar-refractivity contribution in [3.63, 3.8) is 0 Å². The highest BCUT2D eigenvalue weighted by Crippen LogP contribution is 2.26. The Morgan fingerprint density at radius 2 is 1.90 bits per heavy atom. The van der Waals surface area contributed by atoms with Crippen molar-refractivity contribution in [3.05, 3.63) is 40.2 Å². The third-order valence-electron chi connectivity index (χ3n) is 6.15. The van der Waals surface area contributed by atoms with E-state index in [4.69, 9.17) is 9.15 Å². The molecule has 2 heterocycles. The molecule has 2 fully saturated rings. The molecule has 29 heavy (non-hydrogen) atoms. The molecule has 1 aliphatic carbocycles. The van der Waals surface area contributed by atoms with E-state index >= 15 is 0 Å². The monoisotopic (exact) mass is 398 g/mol. The number of hydrogen-bond donors (Lipinski definition) is 2. The lowest BCUT2D eigenvalue weighted by molar-refractivity contribution is 0.0916. The topological polar surface area (TPSA) is 80.6 Å². The summed E-state index contributed by atoms with van der Waals surface area (Å²) < 4.78 is 11.9. The molecular weight excluding hydrogens is 368 g/mol. The highest BCUT2D eigenvalue weighted by molar-refractivity contribution is 5.93. The predicted octanol–water partition coefficient (Wildman–Crippen LogP) is 3.48. The molecule has 6 nitrogen and oxygen atoms in total. The summed E-state index contributed by atoms with van der Waals surface area (Å²) in [7, 11) is 0. The van der Waals surface area contributed by atoms with Crippen LogP contribution in [0.25, 0.3) is 11.0 Å². The summed E-state index contributed by atoms with van der Waals surface area (Å²) >= 11 is 0. The first-order chi connectivity index (χ1) is 14.2. The molecule has 1 aliphatic heterocycles. The summed E-state index contributed by atoms with van der Waals surface area (Å²) in [6.45, 7) is 3.23. The Morgan fingerprint density at radius 1 is 1.10 bits per heavy atom. The van der Waals surface area contributed by atoms with Crippen LogP contribution in [-0.4, -0.2) is 32.1 Å². The van der Waals surface area contributed by atoms with Crippen LogP contribution in [0.15, 0.2) is 33.5 Å². The molecule has 0 spiro atoms. The van der Waals surface area contributed by atoms with Gasteiger partial charge in [0.25, 0.3) is 5.91 Å². The molecule has 1 saturated carbocycles. The summed E-state index contributed by atoms with van der Waals surface area (Å²) in [5.74, 6) is 1.25. The number of piperidine rings is 1. The van der Waals surface area contributed by atoms with Gasteiger partial charge in [0.1, 0.15) is 0 Å². The van der Waals surface area contributed by atoms with Gasteiger partial charge in [0.2, 0.25) is 0 Å². The number of nitrogens with one attached hydrogen (secondary N) is 2. The average molecular weight is 399 g/mol. The zero-order valence-corrected chi connectivity index (χ0v) is 16.9. The first kappa shape index (κ1) is 20.0. The number of fused-ring (bicyclic) bond motifs is 1. The molecule has 2 N–H and O–H groups in total. The Hall–Kier alpha value is -2.34. The van der Waals surface area contributed by atoms with E-state index in [1.807, 2.05) is 0 Å². The Morgan fingerprint density at radius 3 is 2.69 bits per heavy atom. The van der Waals surface area contributed by atoms with Crippen LogP contribution >= 0.6 is 0 Å². The molecule has 1 aromatic carbocycles. The molecule has 0 radical (unpaired) electrons. The highest BCUT2D eigenvalue weighted by Gasteiger charge is 2.19. The minimum absolute atomic E-state index is 0.0521. The lowest BCUT2D eigenvalue weighted by Gasteiger charge is -2.22. The van der Waals surface area contributed by atoms with Gasteiger partial charge in [0, 0.05) is 12.6 Å². The Labute approximate surface area is 171 Å². The standard InChI is InChI=1S/C23H30N2O4/c26-19-13-21(23(27)25-14-16-5-2-1-3-6-16)29-22-18(19)7-4-8-20(22)28-15-17-9-11-24-12-10-17/h4,7-8,13,16-17,24H,1-3,5-6,9-12,14-15H2,(H,25,27). The Kier molecular flexibility index (Phi) is 6.49. The van der Waals surface area contributed by atoms with E-state index < -0.39 is 0 Å². The number of para-hydroxylation sites is 1. The first-order valence-electron chi connectivity index (χ1n) is 10.9. The summed E-state index contributed by atoms with van der Waals surface area (Å²) in [6, 6.07) is 6.59. The summed E-state index contributed by atoms with van der Waals surface area (Å²) in [5.41, 5.74) is 0.137. The van der Waals surface area contributed by atoms with Crippen LogP contribution in [0.4, 0.5) is 0 Å². The third-order valence-corrected chi connectivity index (χ3v) is 6.15. The Bertz CT molecular complexity index is 895. The van der Waals surface area contributed by atoms with Crippen molar-refractivity contribution in [2.45, 2.75) is 44.9 Å². The summed E-state index contributed by atoms with van der Waals surface area (Å²) in [4.78, 5) is 25.2. The van der Waals surface area contributed by atoms with E-state index in [0.717, 1.165) is 38.8 Å². The molecule has 1 amide bonds. The SMILES string of the molecule is O=C(NCC1CCCCC1)c1cc(=O)c2cccc(OCC3CCNCC3)c2o1. The third kappa shape index (κ3) is 4.99. The van der Waals surface area contributed by atoms with Crippen molar-refractivity contribution >= 4 is 16.9 Å². The minimum atomic E-state index is -0.331. The lowest BCUT2D eigenvalue weighted by Crippen LogP contribution is -2.31. The normalized spacial score (nSPS) is 18.6. The maximum absolute atomic E-state index is 12.6. The smallest absolute Gasteiger partial charge is 0.287 e. The van der Waals surface area contributed by atoms with Gasteiger partial charge in [-0.1, -0.05) is 25.3 Å². The van der Waals surface area contributed by atoms with Gasteiger partial charge < -0.3 is 19.8 Å². The number of amides is 1. The molecule has 156 valence electrons. The molecule has 0 unspecified atom stereocenters. The second-order valence-electron chi connectivity index (χ2n) is 8.33. The van der Waals surface area contributed by atoms with Crippen LogP contribution in [0.2, 0.25) is 0 Å². The zero-order valence-electron chi connectivity index (χ0n) is 16.9. The van der Waals surface area contributed by atoms with Gasteiger partial charge in [0.05, 0.1) is 12.0 Å². The van der Waals surface area contributed by atoms with E-state index in [2.05, 4.69) is 10.6 Å². The number of rotatable bonds is 6. The zero-order chi connectivity index (χ0) is 20.1. The number of carbonyl (C=O) groups excluding carboxylic acids is 1. The van der Waals surface area contributed by atoms with Crippen LogP contribution in [0.1, 0.15) is 55.5 Å². The fraction of sp³-hybridized carbons (Fsp3) is 0.565. The number of carbonyl (C=O) groups is 1. The van der Waals surface area contributed by atoms with Crippen molar-refractivity contribution in [2.24, 2.45) is 11.8 Å². The van der Waals surface area contributed by atoms with E-state index in [0.29, 0.717) is 41.7 Å². The minimum Gasteiger partial charge on any atom is -0.489 e. The van der Waals surface area contributed by atoms with Crippen LogP contribution in [0.5, 0.6) is 5.75 Å². The van der Waals surface area contributed by atoms with Gasteiger partial charge in [-0.05, 0) is 62.7 Å². The number of benzene rings is 1. The summed E-state index contributed by atoms with van der Waals surface area (Å²) in [6.07, 6.45) is 8.18. The average Bonchev–Trinajstić information content (AvgIpc) is 2.77. The van der Waals surface area contributed by atoms with Crippen LogP contribution in [0.3, 0.4) is 0 Å². The second-order valence-corrected chi connectivity index (χ2v) is 8.33. The van der Waals surface area contributed by atoms with Crippen molar-refractivity contribution in [1.82, 2.24) is 10.6 Å². The molecule has 4 rings (SSSR count). The first-order valence-corrected chi connectivity index (χ1v) is 10.9. The van der Waals surface area contributed by atoms with E-state index in [1.54, 1.807) is 18.2 Å². The summed E-state index contributed by atoms with van der Waals surface area (Å²) in [5, 5.41) is 6.73. The van der Waals surface area contributed by atoms with Crippen LogP contribution in [0, 0.1) is 11.8 Å². The van der Waals surface area contributed by atoms with Gasteiger partial charge in [-0.3, -0.25) is 9.59 Å². The van der Waals surface area contributed by atoms with Crippen molar-refractivity contribution in [2.75, 3.05) is 26.2 Å². The van der Waals surface area contributed by atoms with Crippen LogP contribution < -0.4 is 20.8 Å². The largest absolute Gasteiger partial charge is 0.489 e. The van der Waals surface area contributed by atoms with E-state index in [-0.39, 0.29) is 17.1 Å². The molecular formula is C23H30N2O4. The maximum Gasteiger partial charge on any atom is 0.287 e. The molecule has 2 aliphatic rings. The number of hydrogen-bond acceptors (Lipinski definition) is 5. The molecule has 0 atom stereocenters. The van der Waals surface area contributed by atoms with Crippen LogP contribution in [-0.2, 0) is 0 Å². The van der Waals surface area contributed by atoms with Crippen molar-refractivity contribution < 1.29 is 13.9 Å². The van der Waals surface area contributed by atoms with Gasteiger partial charge in [-0.15, -0.1) is 0 Å². The van der Waals surface area contributed by atoms with Crippen molar-refractivity contribution in [3.8, 4) is 5.75 Å². The molecule has 6 heteroatoms. The van der Waals surface area contributed by atoms with Gasteiger partial charge in [-0.2, -0.15) is 0 Å². The molecule has 2 aromatic rings. The Balaban J connectivity index is 1.49. The fourth-order valence-electron chi connectivity index (χ4n) is 4.35. The fourth-order valence-corrected chi connectivity index (χ4v) is 4.35. The van der Waals surface area contributed by atoms with Gasteiger partial charge in [0.15, 0.2) is 22.5 Å². The second kappa shape index (κ2) is 9.44. The predicted molar refractivity (Wildman–Crippen MR) is 112 cm³/mol. The molecule has 1 aromatic heterocycles. The number of ether oxygens (including phenoxy) is 1. The molecule has 0 bridgehead atoms.